The minimum absolute atomic E-state index is 0.148. The molecule has 0 aliphatic carbocycles. The molecule has 2 heterocycles. The summed E-state index contributed by atoms with van der Waals surface area (Å²) < 4.78 is 5.24. The van der Waals surface area contributed by atoms with Gasteiger partial charge in [-0.25, -0.2) is 0 Å². The Morgan fingerprint density at radius 2 is 1.93 bits per heavy atom. The zero-order valence-electron chi connectivity index (χ0n) is 17.1. The summed E-state index contributed by atoms with van der Waals surface area (Å²) in [5.41, 5.74) is 4.90. The topological polar surface area (TPSA) is 45.3 Å². The molecule has 2 aromatic carbocycles. The summed E-state index contributed by atoms with van der Waals surface area (Å²) in [5.74, 6) is 2.02. The first-order valence-electron chi connectivity index (χ1n) is 10.3. The molecule has 1 aromatic heterocycles. The van der Waals surface area contributed by atoms with Crippen LogP contribution < -0.4 is 0 Å². The van der Waals surface area contributed by atoms with Crippen LogP contribution in [0.5, 0.6) is 0 Å². The van der Waals surface area contributed by atoms with Crippen molar-refractivity contribution in [3.05, 3.63) is 71.4 Å². The second-order valence-electron chi connectivity index (χ2n) is 7.47. The van der Waals surface area contributed by atoms with Crippen molar-refractivity contribution in [3.63, 3.8) is 0 Å². The monoisotopic (exact) mass is 408 g/mol. The largest absolute Gasteiger partial charge is 0.468 e. The molecule has 0 saturated heterocycles. The second-order valence-corrected chi connectivity index (χ2v) is 8.86. The number of nitrogens with one attached hydrogen (secondary N) is 1. The summed E-state index contributed by atoms with van der Waals surface area (Å²) in [4.78, 5) is 18.9. The maximum Gasteiger partial charge on any atom is 0.323 e. The Bertz CT molecular complexity index is 969. The average Bonchev–Trinajstić information content (AvgIpc) is 3.13. The predicted octanol–water partition coefficient (Wildman–Crippen LogP) is 4.95. The fourth-order valence-electron chi connectivity index (χ4n) is 4.44. The van der Waals surface area contributed by atoms with Gasteiger partial charge in [-0.2, -0.15) is 11.8 Å². The first-order valence-corrected chi connectivity index (χ1v) is 11.4. The summed E-state index contributed by atoms with van der Waals surface area (Å²) in [6.45, 7) is 2.93. The van der Waals surface area contributed by atoms with E-state index >= 15 is 0 Å². The van der Waals surface area contributed by atoms with Gasteiger partial charge in [0.2, 0.25) is 0 Å². The number of thioether (sulfide) groups is 1. The van der Waals surface area contributed by atoms with Crippen LogP contribution in [0.15, 0.2) is 54.6 Å². The van der Waals surface area contributed by atoms with Crippen molar-refractivity contribution in [1.82, 2.24) is 9.88 Å². The molecule has 3 aromatic rings. The van der Waals surface area contributed by atoms with Gasteiger partial charge in [0.15, 0.2) is 0 Å². The van der Waals surface area contributed by atoms with Crippen LogP contribution in [0.25, 0.3) is 10.9 Å². The first kappa shape index (κ1) is 20.0. The number of para-hydroxylation sites is 1. The van der Waals surface area contributed by atoms with Crippen molar-refractivity contribution in [3.8, 4) is 0 Å². The van der Waals surface area contributed by atoms with E-state index in [0.717, 1.165) is 30.0 Å². The SMILES string of the molecule is CCSCC[C@@H]1c2[nH]c3ccccc3c2C[C@@H](C(=O)OC)N1Cc1ccccc1. The molecule has 0 radical (unpaired) electrons. The van der Waals surface area contributed by atoms with Crippen molar-refractivity contribution in [1.29, 1.82) is 0 Å². The highest BCUT2D eigenvalue weighted by Gasteiger charge is 2.40. The number of nitrogens with zero attached hydrogens (tertiary/aromatic N) is 1. The number of carbonyl (C=O) groups excluding carboxylic acids is 1. The molecule has 1 N–H and O–H groups in total. The molecular formula is C24H28N2O2S. The number of rotatable bonds is 7. The number of methoxy groups -OCH3 is 1. The average molecular weight is 409 g/mol. The number of ether oxygens (including phenoxy) is 1. The molecule has 0 unspecified atom stereocenters. The first-order chi connectivity index (χ1) is 14.2. The van der Waals surface area contributed by atoms with Gasteiger partial charge in [-0.15, -0.1) is 0 Å². The highest BCUT2D eigenvalue weighted by Crippen LogP contribution is 2.40. The van der Waals surface area contributed by atoms with E-state index in [1.807, 2.05) is 17.8 Å². The van der Waals surface area contributed by atoms with E-state index in [2.05, 4.69) is 65.3 Å². The number of hydrogen-bond acceptors (Lipinski definition) is 4. The summed E-state index contributed by atoms with van der Waals surface area (Å²) in [6.07, 6.45) is 1.68. The lowest BCUT2D eigenvalue weighted by Gasteiger charge is -2.41. The number of benzene rings is 2. The Morgan fingerprint density at radius 3 is 2.69 bits per heavy atom. The number of fused-ring (bicyclic) bond motifs is 3. The van der Waals surface area contributed by atoms with Crippen LogP contribution >= 0.6 is 11.8 Å². The van der Waals surface area contributed by atoms with Crippen LogP contribution in [0.4, 0.5) is 0 Å². The van der Waals surface area contributed by atoms with Gasteiger partial charge in [0.05, 0.1) is 13.2 Å². The van der Waals surface area contributed by atoms with Crippen LogP contribution in [0.1, 0.15) is 36.2 Å². The Morgan fingerprint density at radius 1 is 1.17 bits per heavy atom. The molecule has 1 aliphatic heterocycles. The minimum atomic E-state index is -0.275. The maximum absolute atomic E-state index is 12.8. The van der Waals surface area contributed by atoms with E-state index in [0.29, 0.717) is 6.42 Å². The lowest BCUT2D eigenvalue weighted by Crippen LogP contribution is -2.48. The molecule has 5 heteroatoms. The number of esters is 1. The Labute approximate surface area is 176 Å². The zero-order valence-corrected chi connectivity index (χ0v) is 17.9. The van der Waals surface area contributed by atoms with Gasteiger partial charge in [-0.05, 0) is 35.1 Å². The fraction of sp³-hybridized carbons (Fsp3) is 0.375. The number of hydrogen-bond donors (Lipinski definition) is 1. The van der Waals surface area contributed by atoms with E-state index in [9.17, 15) is 4.79 Å². The number of aromatic nitrogens is 1. The number of H-pyrrole nitrogens is 1. The molecule has 4 rings (SSSR count). The smallest absolute Gasteiger partial charge is 0.323 e. The van der Waals surface area contributed by atoms with Crippen LogP contribution in [0.2, 0.25) is 0 Å². The van der Waals surface area contributed by atoms with Gasteiger partial charge >= 0.3 is 5.97 Å². The lowest BCUT2D eigenvalue weighted by atomic mass is 9.89. The summed E-state index contributed by atoms with van der Waals surface area (Å²) in [6, 6.07) is 18.7. The fourth-order valence-corrected chi connectivity index (χ4v) is 5.12. The van der Waals surface area contributed by atoms with E-state index in [1.54, 1.807) is 0 Å². The van der Waals surface area contributed by atoms with Crippen LogP contribution in [0, 0.1) is 0 Å². The molecule has 2 atom stereocenters. The second kappa shape index (κ2) is 9.06. The summed E-state index contributed by atoms with van der Waals surface area (Å²) in [7, 11) is 1.50. The highest BCUT2D eigenvalue weighted by molar-refractivity contribution is 7.99. The maximum atomic E-state index is 12.8. The molecule has 0 saturated carbocycles. The van der Waals surface area contributed by atoms with E-state index in [1.165, 1.54) is 29.3 Å². The van der Waals surface area contributed by atoms with Gasteiger partial charge in [0.1, 0.15) is 6.04 Å². The van der Waals surface area contributed by atoms with Gasteiger partial charge < -0.3 is 9.72 Å². The van der Waals surface area contributed by atoms with Crippen LogP contribution in [-0.4, -0.2) is 40.5 Å². The lowest BCUT2D eigenvalue weighted by molar-refractivity contribution is -0.149. The highest BCUT2D eigenvalue weighted by atomic mass is 32.2. The summed E-state index contributed by atoms with van der Waals surface area (Å²) in [5, 5.41) is 1.23. The standard InChI is InChI=1S/C24H28N2O2S/c1-3-29-14-13-21-23-19(18-11-7-8-12-20(18)25-23)15-22(24(27)28-2)26(21)16-17-9-5-4-6-10-17/h4-12,21-22,25H,3,13-16H2,1-2H3/t21-,22+/m1/s1. The third kappa shape index (κ3) is 4.07. The van der Waals surface area contributed by atoms with Crippen LogP contribution in [-0.2, 0) is 22.5 Å². The third-order valence-corrected chi connectivity index (χ3v) is 6.73. The molecule has 29 heavy (non-hydrogen) atoms. The van der Waals surface area contributed by atoms with Crippen molar-refractivity contribution in [2.24, 2.45) is 0 Å². The van der Waals surface area contributed by atoms with E-state index < -0.39 is 0 Å². The predicted molar refractivity (Wildman–Crippen MR) is 120 cm³/mol. The molecule has 1 aliphatic rings. The number of carbonyl (C=O) groups is 1. The molecular weight excluding hydrogens is 380 g/mol. The Balaban J connectivity index is 1.78. The third-order valence-electron chi connectivity index (χ3n) is 5.80. The molecule has 0 bridgehead atoms. The van der Waals surface area contributed by atoms with Gasteiger partial charge in [0, 0.05) is 29.6 Å². The molecule has 0 amide bonds. The van der Waals surface area contributed by atoms with Crippen molar-refractivity contribution >= 4 is 28.6 Å². The van der Waals surface area contributed by atoms with Crippen molar-refractivity contribution in [2.45, 2.75) is 38.4 Å². The van der Waals surface area contributed by atoms with E-state index in [-0.39, 0.29) is 18.1 Å². The molecule has 0 fully saturated rings. The zero-order chi connectivity index (χ0) is 20.2. The van der Waals surface area contributed by atoms with Crippen molar-refractivity contribution in [2.75, 3.05) is 18.6 Å². The Hall–Kier alpha value is -2.24. The normalized spacial score (nSPS) is 19.2. The van der Waals surface area contributed by atoms with Crippen LogP contribution in [0.3, 0.4) is 0 Å². The minimum Gasteiger partial charge on any atom is -0.468 e. The number of aromatic amines is 1. The van der Waals surface area contributed by atoms with Crippen molar-refractivity contribution < 1.29 is 9.53 Å². The summed E-state index contributed by atoms with van der Waals surface area (Å²) >= 11 is 1.95. The molecule has 152 valence electrons. The Kier molecular flexibility index (Phi) is 6.26. The van der Waals surface area contributed by atoms with Gasteiger partial charge in [0.25, 0.3) is 0 Å². The molecule has 0 spiro atoms. The van der Waals surface area contributed by atoms with Gasteiger partial charge in [-0.3, -0.25) is 9.69 Å². The quantitative estimate of drug-likeness (QED) is 0.444. The van der Waals surface area contributed by atoms with E-state index in [4.69, 9.17) is 4.74 Å². The van der Waals surface area contributed by atoms with Gasteiger partial charge in [-0.1, -0.05) is 55.5 Å². The molecule has 4 nitrogen and oxygen atoms in total.